The number of benzene rings is 1. The Hall–Kier alpha value is -0.250. The Balaban J connectivity index is 2.82. The highest BCUT2D eigenvalue weighted by Gasteiger charge is 2.07. The van der Waals surface area contributed by atoms with E-state index in [4.69, 9.17) is 11.6 Å². The van der Waals surface area contributed by atoms with Crippen LogP contribution in [0, 0.1) is 0 Å². The maximum atomic E-state index is 9.35. The van der Waals surface area contributed by atoms with Gasteiger partial charge in [-0.15, -0.1) is 11.3 Å². The van der Waals surface area contributed by atoms with Crippen molar-refractivity contribution in [2.45, 2.75) is 5.33 Å². The average molecular weight is 278 g/mol. The number of hydrogen-bond acceptors (Lipinski definition) is 2. The monoisotopic (exact) mass is 276 g/mol. The van der Waals surface area contributed by atoms with Gasteiger partial charge in [-0.05, 0) is 23.1 Å². The van der Waals surface area contributed by atoms with Crippen LogP contribution in [0.4, 0.5) is 0 Å². The summed E-state index contributed by atoms with van der Waals surface area (Å²) in [7, 11) is 0. The van der Waals surface area contributed by atoms with Crippen molar-refractivity contribution in [3.8, 4) is 5.75 Å². The fourth-order valence-electron chi connectivity index (χ4n) is 1.23. The molecule has 0 aliphatic carbocycles. The Morgan fingerprint density at radius 2 is 2.23 bits per heavy atom. The van der Waals surface area contributed by atoms with Crippen LogP contribution in [0.25, 0.3) is 10.1 Å². The fourth-order valence-corrected chi connectivity index (χ4v) is 3.22. The van der Waals surface area contributed by atoms with Gasteiger partial charge in [-0.25, -0.2) is 0 Å². The van der Waals surface area contributed by atoms with E-state index in [2.05, 4.69) is 15.9 Å². The van der Waals surface area contributed by atoms with Crippen molar-refractivity contribution < 1.29 is 5.11 Å². The highest BCUT2D eigenvalue weighted by Crippen LogP contribution is 2.36. The smallest absolute Gasteiger partial charge is 0.117 e. The van der Waals surface area contributed by atoms with E-state index in [9.17, 15) is 5.11 Å². The number of fused-ring (bicyclic) bond motifs is 1. The number of hydrogen-bond donors (Lipinski definition) is 1. The van der Waals surface area contributed by atoms with Gasteiger partial charge in [0.2, 0.25) is 0 Å². The zero-order valence-electron chi connectivity index (χ0n) is 6.55. The third-order valence-electron chi connectivity index (χ3n) is 1.84. The second-order valence-electron chi connectivity index (χ2n) is 2.70. The van der Waals surface area contributed by atoms with E-state index in [0.29, 0.717) is 5.02 Å². The maximum Gasteiger partial charge on any atom is 0.117 e. The number of aromatic hydroxyl groups is 1. The van der Waals surface area contributed by atoms with Gasteiger partial charge < -0.3 is 5.11 Å². The SMILES string of the molecule is Oc1cc(Cl)c2scc(CBr)c2c1. The molecule has 1 aromatic carbocycles. The van der Waals surface area contributed by atoms with Gasteiger partial charge in [0, 0.05) is 10.7 Å². The molecule has 0 radical (unpaired) electrons. The number of phenols is 1. The van der Waals surface area contributed by atoms with Crippen molar-refractivity contribution in [3.05, 3.63) is 28.1 Å². The summed E-state index contributed by atoms with van der Waals surface area (Å²) in [5, 5.41) is 13.8. The third-order valence-corrected chi connectivity index (χ3v) is 3.93. The van der Waals surface area contributed by atoms with Gasteiger partial charge in [-0.2, -0.15) is 0 Å². The lowest BCUT2D eigenvalue weighted by atomic mass is 10.2. The largest absolute Gasteiger partial charge is 0.508 e. The fraction of sp³-hybridized carbons (Fsp3) is 0.111. The lowest BCUT2D eigenvalue weighted by Gasteiger charge is -1.97. The first-order chi connectivity index (χ1) is 6.22. The molecule has 0 bridgehead atoms. The molecule has 1 N–H and O–H groups in total. The molecule has 68 valence electrons. The van der Waals surface area contributed by atoms with Crippen LogP contribution in [0.15, 0.2) is 17.5 Å². The van der Waals surface area contributed by atoms with E-state index in [1.54, 1.807) is 23.5 Å². The Labute approximate surface area is 93.1 Å². The van der Waals surface area contributed by atoms with Crippen molar-refractivity contribution in [2.24, 2.45) is 0 Å². The van der Waals surface area contributed by atoms with Crippen LogP contribution in [0.5, 0.6) is 5.75 Å². The van der Waals surface area contributed by atoms with Crippen LogP contribution in [-0.2, 0) is 5.33 Å². The quantitative estimate of drug-likeness (QED) is 0.776. The van der Waals surface area contributed by atoms with E-state index in [1.807, 2.05) is 5.38 Å². The van der Waals surface area contributed by atoms with Crippen molar-refractivity contribution in [3.63, 3.8) is 0 Å². The first-order valence-electron chi connectivity index (χ1n) is 3.67. The molecule has 2 aromatic rings. The molecule has 0 spiro atoms. The number of rotatable bonds is 1. The summed E-state index contributed by atoms with van der Waals surface area (Å²) in [5.41, 5.74) is 1.16. The second kappa shape index (κ2) is 3.48. The van der Waals surface area contributed by atoms with Crippen LogP contribution in [0.2, 0.25) is 5.02 Å². The Bertz CT molecular complexity index is 452. The van der Waals surface area contributed by atoms with Crippen LogP contribution in [0.3, 0.4) is 0 Å². The second-order valence-corrected chi connectivity index (χ2v) is 4.55. The Kier molecular flexibility index (Phi) is 2.49. The highest BCUT2D eigenvalue weighted by molar-refractivity contribution is 9.08. The molecule has 1 heterocycles. The summed E-state index contributed by atoms with van der Waals surface area (Å²) in [6.07, 6.45) is 0. The average Bonchev–Trinajstić information content (AvgIpc) is 2.47. The zero-order valence-corrected chi connectivity index (χ0v) is 9.71. The van der Waals surface area contributed by atoms with Crippen molar-refractivity contribution in [1.82, 2.24) is 0 Å². The predicted octanol–water partition coefficient (Wildman–Crippen LogP) is 4.16. The number of alkyl halides is 1. The third kappa shape index (κ3) is 1.56. The van der Waals surface area contributed by atoms with E-state index in [0.717, 1.165) is 21.0 Å². The van der Waals surface area contributed by atoms with Crippen LogP contribution < -0.4 is 0 Å². The molecular formula is C9H6BrClOS. The van der Waals surface area contributed by atoms with Gasteiger partial charge in [0.05, 0.1) is 9.72 Å². The van der Waals surface area contributed by atoms with Crippen molar-refractivity contribution in [2.75, 3.05) is 0 Å². The maximum absolute atomic E-state index is 9.35. The van der Waals surface area contributed by atoms with E-state index in [1.165, 1.54) is 0 Å². The highest BCUT2D eigenvalue weighted by atomic mass is 79.9. The van der Waals surface area contributed by atoms with Crippen molar-refractivity contribution >= 4 is 49.0 Å². The minimum atomic E-state index is 0.220. The molecule has 0 saturated carbocycles. The van der Waals surface area contributed by atoms with Crippen LogP contribution in [-0.4, -0.2) is 5.11 Å². The molecule has 0 aliphatic heterocycles. The van der Waals surface area contributed by atoms with Crippen LogP contribution >= 0.6 is 38.9 Å². The molecule has 4 heteroatoms. The van der Waals surface area contributed by atoms with E-state index >= 15 is 0 Å². The van der Waals surface area contributed by atoms with Gasteiger partial charge in [-0.1, -0.05) is 27.5 Å². The van der Waals surface area contributed by atoms with Crippen molar-refractivity contribution in [1.29, 1.82) is 0 Å². The van der Waals surface area contributed by atoms with Gasteiger partial charge in [0.15, 0.2) is 0 Å². The molecule has 2 rings (SSSR count). The molecule has 0 fully saturated rings. The van der Waals surface area contributed by atoms with E-state index < -0.39 is 0 Å². The Morgan fingerprint density at radius 1 is 1.46 bits per heavy atom. The van der Waals surface area contributed by atoms with Gasteiger partial charge in [0.25, 0.3) is 0 Å². The first-order valence-corrected chi connectivity index (χ1v) is 6.05. The summed E-state index contributed by atoms with van der Waals surface area (Å²) in [5.74, 6) is 0.220. The molecule has 1 aromatic heterocycles. The minimum absolute atomic E-state index is 0.220. The van der Waals surface area contributed by atoms with Gasteiger partial charge >= 0.3 is 0 Å². The number of phenolic OH excluding ortho intramolecular Hbond substituents is 1. The van der Waals surface area contributed by atoms with Gasteiger partial charge in [-0.3, -0.25) is 0 Å². The summed E-state index contributed by atoms with van der Waals surface area (Å²) in [6.45, 7) is 0. The van der Waals surface area contributed by atoms with E-state index in [-0.39, 0.29) is 5.75 Å². The number of halogens is 2. The first kappa shape index (κ1) is 9.31. The molecular weight excluding hydrogens is 272 g/mol. The molecule has 0 atom stereocenters. The summed E-state index contributed by atoms with van der Waals surface area (Å²) in [4.78, 5) is 0. The lowest BCUT2D eigenvalue weighted by molar-refractivity contribution is 0.476. The molecule has 0 amide bonds. The normalized spacial score (nSPS) is 10.9. The minimum Gasteiger partial charge on any atom is -0.508 e. The van der Waals surface area contributed by atoms with Gasteiger partial charge in [0.1, 0.15) is 5.75 Å². The number of thiophene rings is 1. The summed E-state index contributed by atoms with van der Waals surface area (Å²) < 4.78 is 1.04. The summed E-state index contributed by atoms with van der Waals surface area (Å²) >= 11 is 11.0. The standard InChI is InChI=1S/C9H6BrClOS/c10-3-5-4-13-9-7(5)1-6(12)2-8(9)11/h1-2,4,12H,3H2. The van der Waals surface area contributed by atoms with Crippen LogP contribution in [0.1, 0.15) is 5.56 Å². The predicted molar refractivity (Wildman–Crippen MR) is 61.1 cm³/mol. The topological polar surface area (TPSA) is 20.2 Å². The molecule has 0 aliphatic rings. The summed E-state index contributed by atoms with van der Waals surface area (Å²) in [6, 6.07) is 3.31. The molecule has 13 heavy (non-hydrogen) atoms. The molecule has 0 saturated heterocycles. The lowest BCUT2D eigenvalue weighted by Crippen LogP contribution is -1.73. The zero-order chi connectivity index (χ0) is 9.42. The molecule has 0 unspecified atom stereocenters. The molecule has 1 nitrogen and oxygen atoms in total. The Morgan fingerprint density at radius 3 is 2.92 bits per heavy atom.